The zero-order valence-corrected chi connectivity index (χ0v) is 19.2. The van der Waals surface area contributed by atoms with Crippen LogP contribution in [-0.2, 0) is 0 Å². The van der Waals surface area contributed by atoms with Gasteiger partial charge in [-0.05, 0) is 50.2 Å². The summed E-state index contributed by atoms with van der Waals surface area (Å²) in [7, 11) is 1.53. The molecule has 0 spiro atoms. The number of halogens is 1. The zero-order chi connectivity index (χ0) is 24.2. The lowest BCUT2D eigenvalue weighted by Crippen LogP contribution is -2.40. The fraction of sp³-hybridized carbons (Fsp3) is 0.192. The third kappa shape index (κ3) is 4.22. The molecule has 1 N–H and O–H groups in total. The van der Waals surface area contributed by atoms with Gasteiger partial charge in [0.1, 0.15) is 17.4 Å². The van der Waals surface area contributed by atoms with Gasteiger partial charge in [0.05, 0.1) is 35.4 Å². The minimum absolute atomic E-state index is 0.0757. The third-order valence-electron chi connectivity index (χ3n) is 5.69. The third-order valence-corrected chi connectivity index (χ3v) is 5.69. The largest absolute Gasteiger partial charge is 0.495 e. The van der Waals surface area contributed by atoms with E-state index in [-0.39, 0.29) is 11.2 Å². The van der Waals surface area contributed by atoms with E-state index >= 15 is 0 Å². The Hall–Kier alpha value is -4.20. The molecule has 1 unspecified atom stereocenters. The molecule has 3 aromatic carbocycles. The first-order chi connectivity index (χ1) is 16.5. The monoisotopic (exact) mass is 460 g/mol. The Morgan fingerprint density at radius 2 is 1.76 bits per heavy atom. The topological polar surface area (TPSA) is 76.5 Å². The summed E-state index contributed by atoms with van der Waals surface area (Å²) in [5.41, 5.74) is 0.834. The van der Waals surface area contributed by atoms with Gasteiger partial charge in [0, 0.05) is 6.54 Å². The molecule has 0 bridgehead atoms. The number of nitrogens with zero attached hydrogens (tertiary/aromatic N) is 3. The van der Waals surface area contributed by atoms with Crippen molar-refractivity contribution in [1.82, 2.24) is 14.5 Å². The Labute approximate surface area is 196 Å². The van der Waals surface area contributed by atoms with Crippen molar-refractivity contribution in [2.45, 2.75) is 19.9 Å². The molecule has 0 saturated heterocycles. The Kier molecular flexibility index (Phi) is 6.58. The van der Waals surface area contributed by atoms with Crippen LogP contribution in [0, 0.1) is 5.82 Å². The molecule has 7 nitrogen and oxygen atoms in total. The van der Waals surface area contributed by atoms with Crippen molar-refractivity contribution in [3.8, 4) is 11.4 Å². The van der Waals surface area contributed by atoms with Crippen LogP contribution in [0.4, 0.5) is 14.9 Å². The van der Waals surface area contributed by atoms with E-state index < -0.39 is 17.9 Å². The summed E-state index contributed by atoms with van der Waals surface area (Å²) in [5.74, 6) is 0.321. The molecule has 174 valence electrons. The zero-order valence-electron chi connectivity index (χ0n) is 19.2. The first-order valence-electron chi connectivity index (χ1n) is 10.9. The summed E-state index contributed by atoms with van der Waals surface area (Å²) >= 11 is 0. The molecule has 0 fully saturated rings. The minimum atomic E-state index is -0.626. The molecule has 0 saturated carbocycles. The van der Waals surface area contributed by atoms with E-state index in [0.717, 1.165) is 0 Å². The van der Waals surface area contributed by atoms with Crippen molar-refractivity contribution in [3.63, 3.8) is 0 Å². The molecular weight excluding hydrogens is 435 g/mol. The van der Waals surface area contributed by atoms with E-state index in [1.165, 1.54) is 28.7 Å². The van der Waals surface area contributed by atoms with E-state index in [4.69, 9.17) is 9.72 Å². The van der Waals surface area contributed by atoms with E-state index in [9.17, 15) is 14.0 Å². The van der Waals surface area contributed by atoms with Gasteiger partial charge >= 0.3 is 6.03 Å². The van der Waals surface area contributed by atoms with Gasteiger partial charge in [-0.1, -0.05) is 36.4 Å². The maximum atomic E-state index is 14.1. The number of carbonyl (C=O) groups excluding carboxylic acids is 1. The standard InChI is InChI=1S/C26H25FN4O3/c1-4-30(26(33)29-21-14-8-6-12-19(21)27)17(2)24-28-20-13-7-5-11-18(20)25(32)31(24)22-15-9-10-16-23(22)34-3/h5-17H,4H2,1-3H3,(H,29,33). The van der Waals surface area contributed by atoms with Gasteiger partial charge in [-0.25, -0.2) is 14.2 Å². The normalized spacial score (nSPS) is 11.8. The number of hydrogen-bond acceptors (Lipinski definition) is 4. The van der Waals surface area contributed by atoms with Crippen LogP contribution in [0.3, 0.4) is 0 Å². The van der Waals surface area contributed by atoms with Gasteiger partial charge < -0.3 is 15.0 Å². The predicted molar refractivity (Wildman–Crippen MR) is 130 cm³/mol. The summed E-state index contributed by atoms with van der Waals surface area (Å²) in [6.07, 6.45) is 0. The van der Waals surface area contributed by atoms with E-state index in [1.54, 1.807) is 61.5 Å². The summed E-state index contributed by atoms with van der Waals surface area (Å²) in [5, 5.41) is 3.07. The molecule has 4 aromatic rings. The second-order valence-electron chi connectivity index (χ2n) is 7.67. The number of aromatic nitrogens is 2. The molecule has 8 heteroatoms. The lowest BCUT2D eigenvalue weighted by molar-refractivity contribution is 0.193. The van der Waals surface area contributed by atoms with Gasteiger partial charge in [0.25, 0.3) is 5.56 Å². The van der Waals surface area contributed by atoms with Crippen LogP contribution < -0.4 is 15.6 Å². The van der Waals surface area contributed by atoms with Crippen molar-refractivity contribution < 1.29 is 13.9 Å². The molecule has 0 aliphatic rings. The quantitative estimate of drug-likeness (QED) is 0.432. The number of methoxy groups -OCH3 is 1. The van der Waals surface area contributed by atoms with Crippen molar-refractivity contribution in [2.24, 2.45) is 0 Å². The minimum Gasteiger partial charge on any atom is -0.495 e. The molecule has 1 atom stereocenters. The van der Waals surface area contributed by atoms with E-state index in [0.29, 0.717) is 34.7 Å². The highest BCUT2D eigenvalue weighted by molar-refractivity contribution is 5.89. The van der Waals surface area contributed by atoms with Crippen LogP contribution in [0.2, 0.25) is 0 Å². The number of carbonyl (C=O) groups is 1. The number of benzene rings is 3. The Bertz CT molecular complexity index is 1400. The van der Waals surface area contributed by atoms with E-state index in [2.05, 4.69) is 5.32 Å². The van der Waals surface area contributed by atoms with Crippen molar-refractivity contribution in [1.29, 1.82) is 0 Å². The molecule has 0 radical (unpaired) electrons. The Morgan fingerprint density at radius 3 is 2.50 bits per heavy atom. The van der Waals surface area contributed by atoms with Gasteiger partial charge in [-0.3, -0.25) is 9.36 Å². The van der Waals surface area contributed by atoms with Crippen molar-refractivity contribution in [2.75, 3.05) is 19.0 Å². The Balaban J connectivity index is 1.86. The molecule has 34 heavy (non-hydrogen) atoms. The highest BCUT2D eigenvalue weighted by atomic mass is 19.1. The number of amides is 2. The SMILES string of the molecule is CCN(C(=O)Nc1ccccc1F)C(C)c1nc2ccccc2c(=O)n1-c1ccccc1OC. The molecule has 1 heterocycles. The highest BCUT2D eigenvalue weighted by Crippen LogP contribution is 2.28. The molecule has 0 aliphatic heterocycles. The number of hydrogen-bond donors (Lipinski definition) is 1. The first kappa shape index (κ1) is 23.0. The van der Waals surface area contributed by atoms with Crippen molar-refractivity contribution in [3.05, 3.63) is 94.8 Å². The number of ether oxygens (including phenoxy) is 1. The summed E-state index contributed by atoms with van der Waals surface area (Å²) in [6, 6.07) is 19.0. The van der Waals surface area contributed by atoms with E-state index in [1.807, 2.05) is 13.0 Å². The highest BCUT2D eigenvalue weighted by Gasteiger charge is 2.27. The summed E-state index contributed by atoms with van der Waals surface area (Å²) in [4.78, 5) is 33.0. The summed E-state index contributed by atoms with van der Waals surface area (Å²) < 4.78 is 21.1. The van der Waals surface area contributed by atoms with Gasteiger partial charge in [0.15, 0.2) is 0 Å². The predicted octanol–water partition coefficient (Wildman–Crippen LogP) is 5.15. The maximum absolute atomic E-state index is 14.1. The Morgan fingerprint density at radius 1 is 1.09 bits per heavy atom. The fourth-order valence-corrected chi connectivity index (χ4v) is 3.96. The number of nitrogens with one attached hydrogen (secondary N) is 1. The number of para-hydroxylation sites is 4. The van der Waals surface area contributed by atoms with Crippen LogP contribution in [0.1, 0.15) is 25.7 Å². The second-order valence-corrected chi connectivity index (χ2v) is 7.67. The fourth-order valence-electron chi connectivity index (χ4n) is 3.96. The first-order valence-corrected chi connectivity index (χ1v) is 10.9. The van der Waals surface area contributed by atoms with Crippen LogP contribution in [0.25, 0.3) is 16.6 Å². The molecular formula is C26H25FN4O3. The molecule has 0 aliphatic carbocycles. The lowest BCUT2D eigenvalue weighted by Gasteiger charge is -2.30. The molecule has 4 rings (SSSR count). The van der Waals surface area contributed by atoms with Crippen molar-refractivity contribution >= 4 is 22.6 Å². The van der Waals surface area contributed by atoms with Crippen LogP contribution >= 0.6 is 0 Å². The van der Waals surface area contributed by atoms with Crippen LogP contribution in [0.15, 0.2) is 77.6 Å². The average Bonchev–Trinajstić information content (AvgIpc) is 2.86. The number of fused-ring (bicyclic) bond motifs is 1. The van der Waals surface area contributed by atoms with Crippen LogP contribution in [0.5, 0.6) is 5.75 Å². The maximum Gasteiger partial charge on any atom is 0.322 e. The smallest absolute Gasteiger partial charge is 0.322 e. The van der Waals surface area contributed by atoms with Gasteiger partial charge in [-0.2, -0.15) is 0 Å². The molecule has 2 amide bonds. The number of urea groups is 1. The second kappa shape index (κ2) is 9.74. The number of anilines is 1. The van der Waals surface area contributed by atoms with Gasteiger partial charge in [0.2, 0.25) is 0 Å². The molecule has 1 aromatic heterocycles. The lowest BCUT2D eigenvalue weighted by atomic mass is 10.2. The average molecular weight is 461 g/mol. The summed E-state index contributed by atoms with van der Waals surface area (Å²) in [6.45, 7) is 3.90. The van der Waals surface area contributed by atoms with Crippen LogP contribution in [-0.4, -0.2) is 34.1 Å². The van der Waals surface area contributed by atoms with Gasteiger partial charge in [-0.15, -0.1) is 0 Å². The number of rotatable bonds is 6.